The van der Waals surface area contributed by atoms with Crippen molar-refractivity contribution in [3.8, 4) is 0 Å². The molecule has 0 aliphatic heterocycles. The predicted octanol–water partition coefficient (Wildman–Crippen LogP) is 6.14. The molecule has 0 N–H and O–H groups in total. The highest BCUT2D eigenvalue weighted by molar-refractivity contribution is 5.57. The molecule has 2 unspecified atom stereocenters. The van der Waals surface area contributed by atoms with Crippen molar-refractivity contribution >= 4 is 6.08 Å². The van der Waals surface area contributed by atoms with E-state index in [0.717, 1.165) is 0 Å². The molecule has 0 radical (unpaired) electrons. The van der Waals surface area contributed by atoms with Crippen LogP contribution in [-0.4, -0.2) is 0 Å². The normalized spacial score (nSPS) is 19.6. The third kappa shape index (κ3) is 4.77. The van der Waals surface area contributed by atoms with E-state index in [9.17, 15) is 0 Å². The van der Waals surface area contributed by atoms with Gasteiger partial charge in [-0.2, -0.15) is 0 Å². The van der Waals surface area contributed by atoms with Gasteiger partial charge in [-0.05, 0) is 23.0 Å². The first-order valence-electron chi connectivity index (χ1n) is 6.56. The lowest BCUT2D eigenvalue weighted by molar-refractivity contribution is 0.586. The van der Waals surface area contributed by atoms with E-state index in [-0.39, 0.29) is 7.43 Å². The Bertz CT molecular complexity index is 310. The SMILES string of the molecule is C.CC.CC.CC1C=Cc2ccccc2C1C. The van der Waals surface area contributed by atoms with E-state index in [2.05, 4.69) is 50.3 Å². The van der Waals surface area contributed by atoms with Gasteiger partial charge in [-0.3, -0.25) is 0 Å². The Morgan fingerprint density at radius 3 is 2.00 bits per heavy atom. The van der Waals surface area contributed by atoms with Crippen LogP contribution in [0.3, 0.4) is 0 Å². The number of rotatable bonds is 0. The van der Waals surface area contributed by atoms with Gasteiger partial charge in [0, 0.05) is 0 Å². The molecule has 17 heavy (non-hydrogen) atoms. The van der Waals surface area contributed by atoms with Gasteiger partial charge >= 0.3 is 0 Å². The third-order valence-corrected chi connectivity index (χ3v) is 2.85. The molecule has 1 aliphatic carbocycles. The van der Waals surface area contributed by atoms with Crippen LogP contribution < -0.4 is 0 Å². The fourth-order valence-corrected chi connectivity index (χ4v) is 1.78. The van der Waals surface area contributed by atoms with Gasteiger partial charge in [0.05, 0.1) is 0 Å². The Balaban J connectivity index is 0. The van der Waals surface area contributed by atoms with Crippen molar-refractivity contribution < 1.29 is 0 Å². The van der Waals surface area contributed by atoms with Crippen LogP contribution in [0.4, 0.5) is 0 Å². The largest absolute Gasteiger partial charge is 0.0805 e. The number of hydrogen-bond donors (Lipinski definition) is 0. The fourth-order valence-electron chi connectivity index (χ4n) is 1.78. The molecular weight excluding hydrogens is 204 g/mol. The van der Waals surface area contributed by atoms with E-state index < -0.39 is 0 Å². The number of fused-ring (bicyclic) bond motifs is 1. The topological polar surface area (TPSA) is 0 Å². The first kappa shape index (κ1) is 18.3. The van der Waals surface area contributed by atoms with Crippen molar-refractivity contribution in [3.05, 3.63) is 41.5 Å². The second kappa shape index (κ2) is 10.1. The smallest absolute Gasteiger partial charge is 0.0124 e. The maximum Gasteiger partial charge on any atom is -0.0124 e. The Morgan fingerprint density at radius 1 is 0.882 bits per heavy atom. The summed E-state index contributed by atoms with van der Waals surface area (Å²) >= 11 is 0. The maximum atomic E-state index is 2.30. The first-order chi connectivity index (χ1) is 7.79. The lowest BCUT2D eigenvalue weighted by Crippen LogP contribution is -2.08. The third-order valence-electron chi connectivity index (χ3n) is 2.85. The van der Waals surface area contributed by atoms with Crippen LogP contribution in [0.2, 0.25) is 0 Å². The van der Waals surface area contributed by atoms with Gasteiger partial charge in [-0.1, -0.05) is 85.4 Å². The Morgan fingerprint density at radius 2 is 1.41 bits per heavy atom. The van der Waals surface area contributed by atoms with Crippen LogP contribution in [0.1, 0.15) is 66.0 Å². The summed E-state index contributed by atoms with van der Waals surface area (Å²) in [6, 6.07) is 8.65. The minimum atomic E-state index is 0. The summed E-state index contributed by atoms with van der Waals surface area (Å²) in [6.07, 6.45) is 4.53. The van der Waals surface area contributed by atoms with Crippen LogP contribution in [-0.2, 0) is 0 Å². The molecule has 0 saturated carbocycles. The summed E-state index contributed by atoms with van der Waals surface area (Å²) in [4.78, 5) is 0. The van der Waals surface area contributed by atoms with E-state index in [1.165, 1.54) is 11.1 Å². The van der Waals surface area contributed by atoms with Crippen LogP contribution in [0.25, 0.3) is 6.08 Å². The average molecular weight is 234 g/mol. The molecule has 0 spiro atoms. The lowest BCUT2D eigenvalue weighted by atomic mass is 9.82. The molecule has 0 aromatic heterocycles. The summed E-state index contributed by atoms with van der Waals surface area (Å²) in [6.45, 7) is 12.6. The molecule has 0 bridgehead atoms. The Hall–Kier alpha value is -1.04. The van der Waals surface area contributed by atoms with E-state index in [1.54, 1.807) is 0 Å². The van der Waals surface area contributed by atoms with E-state index >= 15 is 0 Å². The minimum Gasteiger partial charge on any atom is -0.0805 e. The summed E-state index contributed by atoms with van der Waals surface area (Å²) < 4.78 is 0. The zero-order valence-electron chi connectivity index (χ0n) is 11.6. The fraction of sp³-hybridized carbons (Fsp3) is 0.529. The monoisotopic (exact) mass is 234 g/mol. The highest BCUT2D eigenvalue weighted by Crippen LogP contribution is 2.32. The zero-order valence-corrected chi connectivity index (χ0v) is 11.6. The van der Waals surface area contributed by atoms with Gasteiger partial charge in [0.1, 0.15) is 0 Å². The van der Waals surface area contributed by atoms with Crippen molar-refractivity contribution in [2.45, 2.75) is 54.9 Å². The average Bonchev–Trinajstić information content (AvgIpc) is 2.39. The van der Waals surface area contributed by atoms with Gasteiger partial charge in [0.25, 0.3) is 0 Å². The molecule has 0 nitrogen and oxygen atoms in total. The van der Waals surface area contributed by atoms with Crippen LogP contribution >= 0.6 is 0 Å². The summed E-state index contributed by atoms with van der Waals surface area (Å²) in [7, 11) is 0. The molecule has 0 saturated heterocycles. The molecule has 1 aromatic rings. The zero-order chi connectivity index (χ0) is 12.6. The molecule has 98 valence electrons. The van der Waals surface area contributed by atoms with Gasteiger partial charge in [-0.25, -0.2) is 0 Å². The number of benzene rings is 1. The molecule has 1 aromatic carbocycles. The van der Waals surface area contributed by atoms with Crippen molar-refractivity contribution in [2.75, 3.05) is 0 Å². The molecule has 0 heterocycles. The van der Waals surface area contributed by atoms with Gasteiger partial charge < -0.3 is 0 Å². The highest BCUT2D eigenvalue weighted by Gasteiger charge is 2.17. The minimum absolute atomic E-state index is 0. The quantitative estimate of drug-likeness (QED) is 0.505. The van der Waals surface area contributed by atoms with Crippen molar-refractivity contribution in [1.82, 2.24) is 0 Å². The van der Waals surface area contributed by atoms with Gasteiger partial charge in [-0.15, -0.1) is 0 Å². The molecule has 0 heteroatoms. The lowest BCUT2D eigenvalue weighted by Gasteiger charge is -2.23. The van der Waals surface area contributed by atoms with Crippen LogP contribution in [0.15, 0.2) is 30.3 Å². The van der Waals surface area contributed by atoms with E-state index in [1.807, 2.05) is 27.7 Å². The number of allylic oxidation sites excluding steroid dienone is 1. The molecule has 2 atom stereocenters. The van der Waals surface area contributed by atoms with E-state index in [0.29, 0.717) is 11.8 Å². The Kier molecular flexibility index (Phi) is 10.9. The van der Waals surface area contributed by atoms with Crippen LogP contribution in [0.5, 0.6) is 0 Å². The van der Waals surface area contributed by atoms with Crippen molar-refractivity contribution in [2.24, 2.45) is 5.92 Å². The molecule has 2 rings (SSSR count). The first-order valence-corrected chi connectivity index (χ1v) is 6.56. The summed E-state index contributed by atoms with van der Waals surface area (Å²) in [5.41, 5.74) is 2.88. The van der Waals surface area contributed by atoms with Crippen LogP contribution in [0, 0.1) is 5.92 Å². The second-order valence-electron chi connectivity index (χ2n) is 3.64. The molecular formula is C17H30. The maximum absolute atomic E-state index is 2.30. The van der Waals surface area contributed by atoms with Crippen molar-refractivity contribution in [3.63, 3.8) is 0 Å². The summed E-state index contributed by atoms with van der Waals surface area (Å²) in [5.74, 6) is 1.35. The van der Waals surface area contributed by atoms with E-state index in [4.69, 9.17) is 0 Å². The molecule has 0 amide bonds. The molecule has 0 fully saturated rings. The van der Waals surface area contributed by atoms with Crippen molar-refractivity contribution in [1.29, 1.82) is 0 Å². The molecule has 1 aliphatic rings. The van der Waals surface area contributed by atoms with Gasteiger partial charge in [0.2, 0.25) is 0 Å². The van der Waals surface area contributed by atoms with Gasteiger partial charge in [0.15, 0.2) is 0 Å². The highest BCUT2D eigenvalue weighted by atomic mass is 14.2. The number of hydrogen-bond acceptors (Lipinski definition) is 0. The standard InChI is InChI=1S/C12H14.2C2H6.CH4/c1-9-7-8-11-5-3-4-6-12(11)10(9)2;2*1-2;/h3-10H,1-2H3;2*1-2H3;1H4. The summed E-state index contributed by atoms with van der Waals surface area (Å²) in [5, 5.41) is 0. The second-order valence-corrected chi connectivity index (χ2v) is 3.64. The Labute approximate surface area is 109 Å². The predicted molar refractivity (Wildman–Crippen MR) is 82.5 cm³/mol.